The fourth-order valence-corrected chi connectivity index (χ4v) is 5.29. The van der Waals surface area contributed by atoms with E-state index in [1.165, 1.54) is 11.1 Å². The normalized spacial score (nSPS) is 17.6. The van der Waals surface area contributed by atoms with Crippen molar-refractivity contribution in [2.24, 2.45) is 0 Å². The van der Waals surface area contributed by atoms with Crippen LogP contribution in [-0.4, -0.2) is 83.9 Å². The smallest absolute Gasteiger partial charge is 0.437 e. The molecule has 1 amide bonds. The fourth-order valence-electron chi connectivity index (χ4n) is 5.29. The molecule has 1 fully saturated rings. The maximum atomic E-state index is 13.9. The maximum Gasteiger partial charge on any atom is 0.437 e. The second-order valence-electron chi connectivity index (χ2n) is 11.2. The minimum atomic E-state index is -4.80. The largest absolute Gasteiger partial charge is 0.492 e. The Hall–Kier alpha value is -3.84. The van der Waals surface area contributed by atoms with Gasteiger partial charge in [-0.25, -0.2) is 4.79 Å². The van der Waals surface area contributed by atoms with Crippen molar-refractivity contribution >= 4 is 28.5 Å². The lowest BCUT2D eigenvalue weighted by Crippen LogP contribution is -2.38. The highest BCUT2D eigenvalue weighted by Gasteiger charge is 2.45. The van der Waals surface area contributed by atoms with Crippen LogP contribution in [0.1, 0.15) is 55.0 Å². The number of morpholine rings is 1. The summed E-state index contributed by atoms with van der Waals surface area (Å²) in [5.74, 6) is -0.644. The van der Waals surface area contributed by atoms with E-state index in [-0.39, 0.29) is 34.5 Å². The molecule has 4 heterocycles. The van der Waals surface area contributed by atoms with Gasteiger partial charge in [0.1, 0.15) is 12.4 Å². The van der Waals surface area contributed by atoms with Gasteiger partial charge in [0.05, 0.1) is 36.0 Å². The summed E-state index contributed by atoms with van der Waals surface area (Å²) in [6, 6.07) is 6.60. The van der Waals surface area contributed by atoms with Crippen LogP contribution in [-0.2, 0) is 25.9 Å². The molecule has 226 valence electrons. The Labute approximate surface area is 240 Å². The van der Waals surface area contributed by atoms with Gasteiger partial charge in [-0.05, 0) is 43.7 Å². The number of nitrogens with one attached hydrogen (secondary N) is 1. The SMILES string of the molecule is CC(C)OC(=O)C1=CN(C(=O)c2ccc(OCCN3CCOCC3)cc2)CC(C)(C)c2c1[nH]c1onc(C(F)(F)F)c21. The molecule has 0 atom stereocenters. The lowest BCUT2D eigenvalue weighted by Gasteiger charge is -2.29. The molecule has 10 nitrogen and oxygen atoms in total. The summed E-state index contributed by atoms with van der Waals surface area (Å²) in [6.45, 7) is 11.0. The Kier molecular flexibility index (Phi) is 8.08. The first kappa shape index (κ1) is 29.6. The Bertz CT molecular complexity index is 1480. The van der Waals surface area contributed by atoms with Gasteiger partial charge in [-0.1, -0.05) is 19.0 Å². The number of esters is 1. The molecule has 0 bridgehead atoms. The molecule has 0 saturated carbocycles. The molecular formula is C29H33F3N4O6. The number of rotatable bonds is 7. The Morgan fingerprint density at radius 1 is 1.14 bits per heavy atom. The number of fused-ring (bicyclic) bond motifs is 3. The number of amides is 1. The van der Waals surface area contributed by atoms with Gasteiger partial charge >= 0.3 is 12.1 Å². The summed E-state index contributed by atoms with van der Waals surface area (Å²) in [5, 5.41) is 2.96. The Balaban J connectivity index is 1.44. The van der Waals surface area contributed by atoms with E-state index in [1.807, 2.05) is 0 Å². The van der Waals surface area contributed by atoms with E-state index in [0.29, 0.717) is 31.1 Å². The molecule has 2 aromatic heterocycles. The number of nitrogens with zero attached hydrogens (tertiary/aromatic N) is 3. The first-order valence-corrected chi connectivity index (χ1v) is 13.7. The van der Waals surface area contributed by atoms with E-state index in [1.54, 1.807) is 52.0 Å². The molecule has 0 spiro atoms. The summed E-state index contributed by atoms with van der Waals surface area (Å²) in [5.41, 5.74) is -2.01. The second kappa shape index (κ2) is 11.4. The van der Waals surface area contributed by atoms with Crippen LogP contribution in [0.15, 0.2) is 35.0 Å². The quantitative estimate of drug-likeness (QED) is 0.398. The van der Waals surface area contributed by atoms with Crippen LogP contribution >= 0.6 is 0 Å². The van der Waals surface area contributed by atoms with Crippen molar-refractivity contribution < 1.29 is 41.5 Å². The molecular weight excluding hydrogens is 557 g/mol. The van der Waals surface area contributed by atoms with Crippen LogP contribution in [0.4, 0.5) is 13.2 Å². The number of hydrogen-bond donors (Lipinski definition) is 1. The van der Waals surface area contributed by atoms with Gasteiger partial charge in [0.25, 0.3) is 5.91 Å². The van der Waals surface area contributed by atoms with Crippen molar-refractivity contribution in [2.45, 2.75) is 45.4 Å². The molecule has 0 unspecified atom stereocenters. The van der Waals surface area contributed by atoms with Crippen LogP contribution in [0, 0.1) is 0 Å². The number of carbonyl (C=O) groups excluding carboxylic acids is 2. The topological polar surface area (TPSA) is 110 Å². The van der Waals surface area contributed by atoms with Gasteiger partial charge in [-0.3, -0.25) is 9.69 Å². The highest BCUT2D eigenvalue weighted by Crippen LogP contribution is 2.45. The van der Waals surface area contributed by atoms with Gasteiger partial charge < -0.3 is 28.6 Å². The number of carbonyl (C=O) groups is 2. The summed E-state index contributed by atoms with van der Waals surface area (Å²) in [7, 11) is 0. The van der Waals surface area contributed by atoms with Crippen LogP contribution in [0.25, 0.3) is 16.7 Å². The molecule has 1 saturated heterocycles. The summed E-state index contributed by atoms with van der Waals surface area (Å²) < 4.78 is 63.2. The highest BCUT2D eigenvalue weighted by molar-refractivity contribution is 6.18. The fraction of sp³-hybridized carbons (Fsp3) is 0.483. The van der Waals surface area contributed by atoms with Crippen LogP contribution < -0.4 is 4.74 Å². The van der Waals surface area contributed by atoms with Crippen molar-refractivity contribution in [2.75, 3.05) is 46.0 Å². The average molecular weight is 591 g/mol. The number of benzene rings is 1. The zero-order valence-electron chi connectivity index (χ0n) is 23.8. The molecule has 13 heteroatoms. The number of ether oxygens (including phenoxy) is 3. The Morgan fingerprint density at radius 2 is 1.83 bits per heavy atom. The molecule has 2 aliphatic rings. The summed E-state index contributed by atoms with van der Waals surface area (Å²) in [6.07, 6.45) is -3.99. The molecule has 5 rings (SSSR count). The average Bonchev–Trinajstić information content (AvgIpc) is 3.47. The predicted octanol–water partition coefficient (Wildman–Crippen LogP) is 4.61. The first-order chi connectivity index (χ1) is 19.8. The van der Waals surface area contributed by atoms with Gasteiger partial charge in [-0.15, -0.1) is 0 Å². The minimum Gasteiger partial charge on any atom is -0.492 e. The molecule has 0 aliphatic carbocycles. The standard InChI is InChI=1S/C29H33F3N4O6/c1-17(2)41-27(38)20-15-36(16-28(3,4)22-21-24(29(30,31)32)34-42-25(21)33-23(20)22)26(37)18-5-7-19(8-6-18)40-14-11-35-9-12-39-13-10-35/h5-8,15,17,33H,9-14,16H2,1-4H3. The zero-order valence-corrected chi connectivity index (χ0v) is 23.8. The van der Waals surface area contributed by atoms with Crippen molar-refractivity contribution in [3.05, 3.63) is 53.0 Å². The number of alkyl halides is 3. The van der Waals surface area contributed by atoms with E-state index in [0.717, 1.165) is 19.6 Å². The number of aromatic nitrogens is 2. The number of H-pyrrole nitrogens is 1. The highest BCUT2D eigenvalue weighted by atomic mass is 19.4. The molecule has 1 aromatic carbocycles. The predicted molar refractivity (Wildman–Crippen MR) is 146 cm³/mol. The lowest BCUT2D eigenvalue weighted by atomic mass is 9.81. The molecule has 2 aliphatic heterocycles. The zero-order chi connectivity index (χ0) is 30.2. The maximum absolute atomic E-state index is 13.9. The van der Waals surface area contributed by atoms with Crippen molar-refractivity contribution in [3.63, 3.8) is 0 Å². The van der Waals surface area contributed by atoms with E-state index in [9.17, 15) is 22.8 Å². The van der Waals surface area contributed by atoms with E-state index >= 15 is 0 Å². The third-order valence-corrected chi connectivity index (χ3v) is 7.20. The van der Waals surface area contributed by atoms with E-state index < -0.39 is 35.3 Å². The number of hydrogen-bond acceptors (Lipinski definition) is 8. The summed E-state index contributed by atoms with van der Waals surface area (Å²) >= 11 is 0. The van der Waals surface area contributed by atoms with Gasteiger partial charge in [-0.2, -0.15) is 13.2 Å². The van der Waals surface area contributed by atoms with E-state index in [2.05, 4.69) is 15.0 Å². The van der Waals surface area contributed by atoms with Crippen LogP contribution in [0.5, 0.6) is 5.75 Å². The van der Waals surface area contributed by atoms with Gasteiger partial charge in [0, 0.05) is 43.4 Å². The van der Waals surface area contributed by atoms with Gasteiger partial charge in [0.2, 0.25) is 5.71 Å². The monoisotopic (exact) mass is 590 g/mol. The van der Waals surface area contributed by atoms with E-state index in [4.69, 9.17) is 18.7 Å². The first-order valence-electron chi connectivity index (χ1n) is 13.7. The summed E-state index contributed by atoms with van der Waals surface area (Å²) in [4.78, 5) is 33.3. The second-order valence-corrected chi connectivity index (χ2v) is 11.2. The Morgan fingerprint density at radius 3 is 2.48 bits per heavy atom. The molecule has 0 radical (unpaired) electrons. The number of halogens is 3. The molecule has 42 heavy (non-hydrogen) atoms. The third-order valence-electron chi connectivity index (χ3n) is 7.20. The third kappa shape index (κ3) is 6.02. The van der Waals surface area contributed by atoms with Crippen molar-refractivity contribution in [1.82, 2.24) is 19.9 Å². The van der Waals surface area contributed by atoms with Crippen molar-refractivity contribution in [1.29, 1.82) is 0 Å². The molecule has 1 N–H and O–H groups in total. The van der Waals surface area contributed by atoms with Crippen LogP contribution in [0.3, 0.4) is 0 Å². The number of aromatic amines is 1. The molecule has 3 aromatic rings. The lowest BCUT2D eigenvalue weighted by molar-refractivity contribution is -0.141. The van der Waals surface area contributed by atoms with Crippen LogP contribution in [0.2, 0.25) is 0 Å². The minimum absolute atomic E-state index is 0.0372. The van der Waals surface area contributed by atoms with Gasteiger partial charge in [0.15, 0.2) is 5.69 Å². The van der Waals surface area contributed by atoms with Crippen molar-refractivity contribution in [3.8, 4) is 5.75 Å².